The van der Waals surface area contributed by atoms with Crippen LogP contribution in [-0.4, -0.2) is 30.4 Å². The van der Waals surface area contributed by atoms with Gasteiger partial charge >= 0.3 is 0 Å². The van der Waals surface area contributed by atoms with Gasteiger partial charge in [-0.3, -0.25) is 10.6 Å². The summed E-state index contributed by atoms with van der Waals surface area (Å²) in [6.45, 7) is 1.94. The van der Waals surface area contributed by atoms with Gasteiger partial charge in [0.05, 0.1) is 0 Å². The molecule has 0 radical (unpaired) electrons. The second-order valence-electron chi connectivity index (χ2n) is 1.74. The molecule has 0 fully saturated rings. The van der Waals surface area contributed by atoms with Gasteiger partial charge in [0.2, 0.25) is 0 Å². The highest BCUT2D eigenvalue weighted by Crippen LogP contribution is 1.93. The highest BCUT2D eigenvalue weighted by atomic mass is 28.2. The molecule has 0 aliphatic rings. The van der Waals surface area contributed by atoms with Crippen molar-refractivity contribution < 1.29 is 4.43 Å². The Morgan fingerprint density at radius 3 is 1.75 bits per heavy atom. The summed E-state index contributed by atoms with van der Waals surface area (Å²) in [5, 5.41) is 5.96. The zero-order valence-corrected chi connectivity index (χ0v) is 7.91. The van der Waals surface area contributed by atoms with Gasteiger partial charge < -0.3 is 4.43 Å². The maximum atomic E-state index is 5.15. The average Bonchev–Trinajstić information content (AvgIpc) is 1.87. The maximum absolute atomic E-state index is 5.15. The van der Waals surface area contributed by atoms with E-state index in [9.17, 15) is 0 Å². The lowest BCUT2D eigenvalue weighted by atomic mass is 10.5. The molecule has 0 amide bonds. The van der Waals surface area contributed by atoms with Crippen LogP contribution in [0.2, 0.25) is 0 Å². The summed E-state index contributed by atoms with van der Waals surface area (Å²) in [6.07, 6.45) is 0. The molecule has 0 bridgehead atoms. The van der Waals surface area contributed by atoms with Crippen LogP contribution >= 0.6 is 0 Å². The SMILES string of the molecule is CNC(C)(NC)O[SiH3]. The summed E-state index contributed by atoms with van der Waals surface area (Å²) in [5.74, 6) is -0.313. The standard InChI is InChI=1S/C4H14N2OSi/c1-4(5-2,6-3)7-8/h5-6H,1-3,8H3. The lowest BCUT2D eigenvalue weighted by Gasteiger charge is -2.27. The summed E-state index contributed by atoms with van der Waals surface area (Å²) in [4.78, 5) is 0. The van der Waals surface area contributed by atoms with Crippen molar-refractivity contribution in [1.29, 1.82) is 0 Å². The van der Waals surface area contributed by atoms with Gasteiger partial charge in [-0.15, -0.1) is 0 Å². The summed E-state index contributed by atoms with van der Waals surface area (Å²) in [7, 11) is 4.45. The molecule has 2 N–H and O–H groups in total. The Labute approximate surface area is 53.3 Å². The first-order valence-corrected chi connectivity index (χ1v) is 3.43. The fourth-order valence-electron chi connectivity index (χ4n) is 0.329. The van der Waals surface area contributed by atoms with E-state index in [2.05, 4.69) is 10.6 Å². The smallest absolute Gasteiger partial charge is 0.160 e. The van der Waals surface area contributed by atoms with Gasteiger partial charge in [0, 0.05) is 0 Å². The van der Waals surface area contributed by atoms with Crippen molar-refractivity contribution in [3.63, 3.8) is 0 Å². The predicted octanol–water partition coefficient (Wildman–Crippen LogP) is -1.60. The summed E-state index contributed by atoms with van der Waals surface area (Å²) in [6, 6.07) is 0. The Hall–Kier alpha value is 0.0969. The molecule has 0 saturated carbocycles. The van der Waals surface area contributed by atoms with Crippen LogP contribution in [0.5, 0.6) is 0 Å². The minimum absolute atomic E-state index is 0.313. The van der Waals surface area contributed by atoms with Crippen molar-refractivity contribution in [3.05, 3.63) is 0 Å². The molecule has 0 aromatic rings. The van der Waals surface area contributed by atoms with Gasteiger partial charge in [-0.25, -0.2) is 0 Å². The van der Waals surface area contributed by atoms with Crippen LogP contribution < -0.4 is 10.6 Å². The summed E-state index contributed by atoms with van der Waals surface area (Å²) >= 11 is 0. The fourth-order valence-corrected chi connectivity index (χ4v) is 0.737. The molecule has 0 unspecified atom stereocenters. The third-order valence-electron chi connectivity index (χ3n) is 1.36. The molecule has 0 aromatic carbocycles. The lowest BCUT2D eigenvalue weighted by molar-refractivity contribution is 0.0419. The van der Waals surface area contributed by atoms with Crippen molar-refractivity contribution in [2.75, 3.05) is 14.1 Å². The molecular weight excluding hydrogens is 120 g/mol. The summed E-state index contributed by atoms with van der Waals surface area (Å²) in [5.41, 5.74) is 0. The maximum Gasteiger partial charge on any atom is 0.160 e. The Morgan fingerprint density at radius 1 is 1.38 bits per heavy atom. The van der Waals surface area contributed by atoms with Crippen LogP contribution in [-0.2, 0) is 4.43 Å². The first kappa shape index (κ1) is 8.10. The molecule has 8 heavy (non-hydrogen) atoms. The molecule has 0 spiro atoms. The van der Waals surface area contributed by atoms with Crippen LogP contribution in [0.1, 0.15) is 6.92 Å². The Kier molecular flexibility index (Phi) is 3.23. The van der Waals surface area contributed by atoms with Crippen LogP contribution in [0.4, 0.5) is 0 Å². The van der Waals surface area contributed by atoms with Crippen LogP contribution in [0.15, 0.2) is 0 Å². The molecule has 0 aliphatic carbocycles. The molecule has 0 atom stereocenters. The molecule has 0 saturated heterocycles. The lowest BCUT2D eigenvalue weighted by Crippen LogP contribution is -2.52. The molecule has 3 nitrogen and oxygen atoms in total. The van der Waals surface area contributed by atoms with Crippen molar-refractivity contribution in [2.24, 2.45) is 0 Å². The van der Waals surface area contributed by atoms with Crippen molar-refractivity contribution in [3.8, 4) is 0 Å². The fraction of sp³-hybridized carbons (Fsp3) is 1.00. The zero-order valence-electron chi connectivity index (χ0n) is 5.91. The predicted molar refractivity (Wildman–Crippen MR) is 37.5 cm³/mol. The third kappa shape index (κ3) is 1.91. The van der Waals surface area contributed by atoms with E-state index < -0.39 is 0 Å². The number of hydrogen-bond donors (Lipinski definition) is 2. The average molecular weight is 134 g/mol. The topological polar surface area (TPSA) is 33.3 Å². The van der Waals surface area contributed by atoms with E-state index in [1.165, 1.54) is 0 Å². The highest BCUT2D eigenvalue weighted by Gasteiger charge is 2.14. The van der Waals surface area contributed by atoms with Crippen LogP contribution in [0.25, 0.3) is 0 Å². The van der Waals surface area contributed by atoms with E-state index in [1.807, 2.05) is 21.0 Å². The second kappa shape index (κ2) is 3.19. The number of nitrogens with one attached hydrogen (secondary N) is 2. The first-order valence-electron chi connectivity index (χ1n) is 2.61. The molecule has 4 heteroatoms. The molecular formula is C4H14N2OSi. The Bertz CT molecular complexity index is 56.8. The highest BCUT2D eigenvalue weighted by molar-refractivity contribution is 5.98. The van der Waals surface area contributed by atoms with Crippen molar-refractivity contribution in [2.45, 2.75) is 12.8 Å². The monoisotopic (exact) mass is 134 g/mol. The van der Waals surface area contributed by atoms with Crippen molar-refractivity contribution in [1.82, 2.24) is 10.6 Å². The minimum atomic E-state index is -0.313. The second-order valence-corrected chi connectivity index (χ2v) is 2.15. The zero-order chi connectivity index (χ0) is 6.62. The Balaban J connectivity index is 3.58. The van der Waals surface area contributed by atoms with E-state index in [-0.39, 0.29) is 5.85 Å². The molecule has 0 aliphatic heterocycles. The molecule has 0 aromatic heterocycles. The normalized spacial score (nSPS) is 12.4. The van der Waals surface area contributed by atoms with Gasteiger partial charge in [0.1, 0.15) is 10.5 Å². The largest absolute Gasteiger partial charge is 0.399 e. The Morgan fingerprint density at radius 2 is 1.75 bits per heavy atom. The molecule has 0 rings (SSSR count). The number of rotatable bonds is 3. The van der Waals surface area contributed by atoms with E-state index in [0.29, 0.717) is 0 Å². The number of hydrogen-bond acceptors (Lipinski definition) is 3. The van der Waals surface area contributed by atoms with E-state index in [1.54, 1.807) is 0 Å². The molecule has 50 valence electrons. The van der Waals surface area contributed by atoms with E-state index >= 15 is 0 Å². The van der Waals surface area contributed by atoms with E-state index in [0.717, 1.165) is 10.5 Å². The van der Waals surface area contributed by atoms with Crippen LogP contribution in [0.3, 0.4) is 0 Å². The first-order chi connectivity index (χ1) is 3.68. The molecule has 0 heterocycles. The minimum Gasteiger partial charge on any atom is -0.399 e. The summed E-state index contributed by atoms with van der Waals surface area (Å²) < 4.78 is 5.15. The van der Waals surface area contributed by atoms with Crippen molar-refractivity contribution >= 4 is 10.5 Å². The van der Waals surface area contributed by atoms with Gasteiger partial charge in [-0.1, -0.05) is 0 Å². The van der Waals surface area contributed by atoms with Gasteiger partial charge in [0.25, 0.3) is 0 Å². The van der Waals surface area contributed by atoms with Gasteiger partial charge in [0.15, 0.2) is 5.85 Å². The quantitative estimate of drug-likeness (QED) is 0.360. The van der Waals surface area contributed by atoms with Crippen LogP contribution in [0, 0.1) is 0 Å². The third-order valence-corrected chi connectivity index (χ3v) is 2.18. The van der Waals surface area contributed by atoms with Gasteiger partial charge in [-0.2, -0.15) is 0 Å². The van der Waals surface area contributed by atoms with Gasteiger partial charge in [-0.05, 0) is 21.0 Å². The van der Waals surface area contributed by atoms with E-state index in [4.69, 9.17) is 4.43 Å².